The summed E-state index contributed by atoms with van der Waals surface area (Å²) in [6.45, 7) is 7.39. The van der Waals surface area contributed by atoms with Crippen molar-refractivity contribution >= 4 is 17.3 Å². The Labute approximate surface area is 150 Å². The molecule has 4 nitrogen and oxygen atoms in total. The summed E-state index contributed by atoms with van der Waals surface area (Å²) in [6.07, 6.45) is 5.59. The number of anilines is 1. The number of fused-ring (bicyclic) bond motifs is 1. The molecule has 1 aliphatic carbocycles. The number of allylic oxidation sites excluding steroid dienone is 2. The first-order chi connectivity index (χ1) is 12.0. The molecule has 1 aromatic carbocycles. The molecule has 0 fully saturated rings. The molecule has 1 aliphatic rings. The molecule has 0 saturated carbocycles. The number of carbonyl (C=O) groups is 2. The number of rotatable bonds is 6. The van der Waals surface area contributed by atoms with Gasteiger partial charge >= 0.3 is 0 Å². The highest BCUT2D eigenvalue weighted by atomic mass is 16.1. The third-order valence-electron chi connectivity index (χ3n) is 4.47. The third kappa shape index (κ3) is 3.93. The van der Waals surface area contributed by atoms with E-state index in [0.717, 1.165) is 25.7 Å². The van der Waals surface area contributed by atoms with E-state index in [2.05, 4.69) is 18.8 Å². The Balaban J connectivity index is 2.38. The number of hydrogen-bond acceptors (Lipinski definition) is 4. The van der Waals surface area contributed by atoms with Crippen molar-refractivity contribution in [2.45, 2.75) is 46.5 Å². The highest BCUT2D eigenvalue weighted by Gasteiger charge is 2.30. The SMILES string of the molecule is CCCCCC#Cc1ccc2c(c1N)C(=O)C(N(CC)CC)=CC2=O. The molecule has 0 atom stereocenters. The van der Waals surface area contributed by atoms with Crippen molar-refractivity contribution in [1.82, 2.24) is 4.90 Å². The summed E-state index contributed by atoms with van der Waals surface area (Å²) in [5, 5.41) is 0. The maximum absolute atomic E-state index is 12.9. The van der Waals surface area contributed by atoms with Gasteiger partial charge in [0.05, 0.1) is 16.9 Å². The number of ketones is 2. The zero-order chi connectivity index (χ0) is 18.4. The van der Waals surface area contributed by atoms with Crippen LogP contribution in [0.3, 0.4) is 0 Å². The number of nitrogen functional groups attached to an aromatic ring is 1. The Morgan fingerprint density at radius 1 is 1.08 bits per heavy atom. The second-order valence-corrected chi connectivity index (χ2v) is 6.10. The predicted octanol–water partition coefficient (Wildman–Crippen LogP) is 3.81. The first-order valence-electron chi connectivity index (χ1n) is 9.02. The molecule has 2 rings (SSSR count). The fourth-order valence-corrected chi connectivity index (χ4v) is 2.99. The zero-order valence-electron chi connectivity index (χ0n) is 15.3. The van der Waals surface area contributed by atoms with Gasteiger partial charge in [-0.05, 0) is 32.4 Å². The molecule has 2 N–H and O–H groups in total. The third-order valence-corrected chi connectivity index (χ3v) is 4.47. The van der Waals surface area contributed by atoms with Crippen molar-refractivity contribution in [2.75, 3.05) is 18.8 Å². The molecule has 0 aromatic heterocycles. The van der Waals surface area contributed by atoms with Gasteiger partial charge in [-0.2, -0.15) is 0 Å². The number of nitrogens with zero attached hydrogens (tertiary/aromatic N) is 1. The summed E-state index contributed by atoms with van der Waals surface area (Å²) < 4.78 is 0. The molecule has 0 spiro atoms. The minimum absolute atomic E-state index is 0.175. The molecule has 1 aromatic rings. The van der Waals surface area contributed by atoms with Crippen LogP contribution in [0.15, 0.2) is 23.9 Å². The molecule has 0 bridgehead atoms. The van der Waals surface area contributed by atoms with Gasteiger partial charge in [-0.1, -0.05) is 31.6 Å². The van der Waals surface area contributed by atoms with E-state index in [9.17, 15) is 9.59 Å². The molecule has 0 heterocycles. The average molecular weight is 338 g/mol. The molecule has 132 valence electrons. The van der Waals surface area contributed by atoms with E-state index in [-0.39, 0.29) is 11.6 Å². The largest absolute Gasteiger partial charge is 0.397 e. The molecular weight excluding hydrogens is 312 g/mol. The molecule has 0 saturated heterocycles. The molecular formula is C21H26N2O2. The molecule has 0 amide bonds. The standard InChI is InChI=1S/C21H26N2O2/c1-4-7-8-9-10-11-15-12-13-16-18(24)14-17(23(5-2)6-3)21(25)19(16)20(15)22/h12-14H,4-9,22H2,1-3H3. The van der Waals surface area contributed by atoms with Crippen LogP contribution in [0.2, 0.25) is 0 Å². The van der Waals surface area contributed by atoms with Crippen LogP contribution in [-0.4, -0.2) is 29.6 Å². The normalized spacial score (nSPS) is 13.0. The first kappa shape index (κ1) is 18.8. The quantitative estimate of drug-likeness (QED) is 0.487. The second kappa shape index (κ2) is 8.53. The van der Waals surface area contributed by atoms with E-state index in [1.54, 1.807) is 12.1 Å². The van der Waals surface area contributed by atoms with Crippen LogP contribution in [0.5, 0.6) is 0 Å². The van der Waals surface area contributed by atoms with E-state index >= 15 is 0 Å². The monoisotopic (exact) mass is 338 g/mol. The fraction of sp³-hybridized carbons (Fsp3) is 0.429. The molecule has 0 aliphatic heterocycles. The maximum atomic E-state index is 12.9. The van der Waals surface area contributed by atoms with Crippen molar-refractivity contribution in [2.24, 2.45) is 0 Å². The van der Waals surface area contributed by atoms with Crippen molar-refractivity contribution in [3.05, 3.63) is 40.6 Å². The summed E-state index contributed by atoms with van der Waals surface area (Å²) in [6, 6.07) is 3.40. The second-order valence-electron chi connectivity index (χ2n) is 6.10. The number of benzene rings is 1. The number of hydrogen-bond donors (Lipinski definition) is 1. The lowest BCUT2D eigenvalue weighted by Gasteiger charge is -2.27. The Kier molecular flexibility index (Phi) is 6.41. The van der Waals surface area contributed by atoms with Gasteiger partial charge in [-0.15, -0.1) is 0 Å². The van der Waals surface area contributed by atoms with Crippen LogP contribution >= 0.6 is 0 Å². The molecule has 4 heteroatoms. The smallest absolute Gasteiger partial charge is 0.212 e. The first-order valence-corrected chi connectivity index (χ1v) is 9.02. The average Bonchev–Trinajstić information content (AvgIpc) is 2.61. The molecule has 0 radical (unpaired) electrons. The highest BCUT2D eigenvalue weighted by Crippen LogP contribution is 2.30. The van der Waals surface area contributed by atoms with E-state index in [1.165, 1.54) is 6.08 Å². The van der Waals surface area contributed by atoms with Gasteiger partial charge in [0.2, 0.25) is 5.78 Å². The van der Waals surface area contributed by atoms with Crippen LogP contribution in [0.1, 0.15) is 72.7 Å². The minimum atomic E-state index is -0.189. The van der Waals surface area contributed by atoms with Crippen LogP contribution in [0, 0.1) is 11.8 Å². The van der Waals surface area contributed by atoms with E-state index in [1.807, 2.05) is 18.7 Å². The van der Waals surface area contributed by atoms with E-state index < -0.39 is 0 Å². The summed E-state index contributed by atoms with van der Waals surface area (Å²) in [7, 11) is 0. The van der Waals surface area contributed by atoms with E-state index in [0.29, 0.717) is 41.2 Å². The predicted molar refractivity (Wildman–Crippen MR) is 102 cm³/mol. The lowest BCUT2D eigenvalue weighted by atomic mass is 9.88. The minimum Gasteiger partial charge on any atom is -0.397 e. The summed E-state index contributed by atoms with van der Waals surface area (Å²) >= 11 is 0. The van der Waals surface area contributed by atoms with Crippen molar-refractivity contribution < 1.29 is 9.59 Å². The Bertz CT molecular complexity index is 762. The van der Waals surface area contributed by atoms with Gasteiger partial charge in [-0.3, -0.25) is 9.59 Å². The van der Waals surface area contributed by atoms with Crippen LogP contribution in [0.25, 0.3) is 0 Å². The van der Waals surface area contributed by atoms with Gasteiger partial charge < -0.3 is 10.6 Å². The Hall–Kier alpha value is -2.54. The highest BCUT2D eigenvalue weighted by molar-refractivity contribution is 6.26. The lowest BCUT2D eigenvalue weighted by Crippen LogP contribution is -2.32. The maximum Gasteiger partial charge on any atom is 0.212 e. The van der Waals surface area contributed by atoms with Crippen LogP contribution < -0.4 is 5.73 Å². The van der Waals surface area contributed by atoms with Gasteiger partial charge in [0.25, 0.3) is 0 Å². The van der Waals surface area contributed by atoms with Crippen molar-refractivity contribution in [1.29, 1.82) is 0 Å². The van der Waals surface area contributed by atoms with Gasteiger partial charge in [0, 0.05) is 36.7 Å². The van der Waals surface area contributed by atoms with Crippen LogP contribution in [0.4, 0.5) is 5.69 Å². The summed E-state index contributed by atoms with van der Waals surface area (Å²) in [4.78, 5) is 27.2. The van der Waals surface area contributed by atoms with Crippen molar-refractivity contribution in [3.63, 3.8) is 0 Å². The molecule has 25 heavy (non-hydrogen) atoms. The Morgan fingerprint density at radius 3 is 2.44 bits per heavy atom. The van der Waals surface area contributed by atoms with Gasteiger partial charge in [0.1, 0.15) is 0 Å². The van der Waals surface area contributed by atoms with E-state index in [4.69, 9.17) is 5.73 Å². The van der Waals surface area contributed by atoms with Crippen LogP contribution in [-0.2, 0) is 0 Å². The number of Topliss-reactive ketones (excluding diaryl/α,β-unsaturated/α-hetero) is 1. The van der Waals surface area contributed by atoms with Gasteiger partial charge in [-0.25, -0.2) is 0 Å². The zero-order valence-corrected chi connectivity index (χ0v) is 15.3. The number of carbonyl (C=O) groups excluding carboxylic acids is 2. The fourth-order valence-electron chi connectivity index (χ4n) is 2.99. The molecule has 0 unspecified atom stereocenters. The van der Waals surface area contributed by atoms with Gasteiger partial charge in [0.15, 0.2) is 5.78 Å². The summed E-state index contributed by atoms with van der Waals surface area (Å²) in [5.74, 6) is 5.81. The van der Waals surface area contributed by atoms with Crippen molar-refractivity contribution in [3.8, 4) is 11.8 Å². The lowest BCUT2D eigenvalue weighted by molar-refractivity contribution is 0.0954. The number of likely N-dealkylation sites (N-methyl/N-ethyl adjacent to an activating group) is 1. The summed E-state index contributed by atoms with van der Waals surface area (Å²) in [5.41, 5.74) is 8.25. The number of nitrogens with two attached hydrogens (primary N) is 1. The number of unbranched alkanes of at least 4 members (excludes halogenated alkanes) is 3. The Morgan fingerprint density at radius 2 is 1.80 bits per heavy atom. The topological polar surface area (TPSA) is 63.4 Å².